The molecule has 1 aromatic heterocycles. The summed E-state index contributed by atoms with van der Waals surface area (Å²) < 4.78 is 0. The maximum absolute atomic E-state index is 11.3. The first-order valence-corrected chi connectivity index (χ1v) is 5.02. The average Bonchev–Trinajstić information content (AvgIpc) is 2.78. The molecule has 1 rings (SSSR count). The van der Waals surface area contributed by atoms with Gasteiger partial charge in [0.05, 0.1) is 6.04 Å². The summed E-state index contributed by atoms with van der Waals surface area (Å²) in [6.45, 7) is 1.29. The second-order valence-corrected chi connectivity index (χ2v) is 3.19. The monoisotopic (exact) mass is 242 g/mol. The summed E-state index contributed by atoms with van der Waals surface area (Å²) in [5.74, 6) is -0.538. The number of carbonyl (C=O) groups is 2. The summed E-state index contributed by atoms with van der Waals surface area (Å²) in [6.07, 6.45) is 3.87. The van der Waals surface area contributed by atoms with Crippen LogP contribution in [0.2, 0.25) is 0 Å². The lowest BCUT2D eigenvalue weighted by Gasteiger charge is -2.14. The van der Waals surface area contributed by atoms with Gasteiger partial charge in [-0.25, -0.2) is 20.1 Å². The summed E-state index contributed by atoms with van der Waals surface area (Å²) in [5.41, 5.74) is 1.97. The van der Waals surface area contributed by atoms with Crippen LogP contribution in [0.15, 0.2) is 12.4 Å². The number of carbonyl (C=O) groups excluding carboxylic acids is 1. The Morgan fingerprint density at radius 1 is 1.65 bits per heavy atom. The number of aromatic nitrogens is 2. The third-order valence-electron chi connectivity index (χ3n) is 1.92. The van der Waals surface area contributed by atoms with Gasteiger partial charge in [-0.1, -0.05) is 6.92 Å². The number of nitrogens with zero attached hydrogens (tertiary/aromatic N) is 1. The average molecular weight is 242 g/mol. The molecule has 94 valence electrons. The summed E-state index contributed by atoms with van der Waals surface area (Å²) in [4.78, 5) is 32.8. The Labute approximate surface area is 97.3 Å². The zero-order chi connectivity index (χ0) is 12.7. The molecule has 1 unspecified atom stereocenters. The highest BCUT2D eigenvalue weighted by atomic mass is 16.7. The van der Waals surface area contributed by atoms with Gasteiger partial charge in [0.2, 0.25) is 0 Å². The number of amides is 2. The van der Waals surface area contributed by atoms with E-state index in [0.717, 1.165) is 0 Å². The van der Waals surface area contributed by atoms with E-state index in [9.17, 15) is 9.59 Å². The Morgan fingerprint density at radius 3 is 2.94 bits per heavy atom. The molecule has 0 aliphatic heterocycles. The molecule has 1 atom stereocenters. The van der Waals surface area contributed by atoms with E-state index in [0.29, 0.717) is 12.2 Å². The van der Waals surface area contributed by atoms with E-state index in [-0.39, 0.29) is 6.04 Å². The van der Waals surface area contributed by atoms with E-state index in [2.05, 4.69) is 20.1 Å². The van der Waals surface area contributed by atoms with Crippen LogP contribution in [0.3, 0.4) is 0 Å². The predicted molar refractivity (Wildman–Crippen MR) is 56.9 cm³/mol. The van der Waals surface area contributed by atoms with E-state index in [1.165, 1.54) is 0 Å². The first kappa shape index (κ1) is 13.0. The van der Waals surface area contributed by atoms with Crippen molar-refractivity contribution < 1.29 is 19.5 Å². The van der Waals surface area contributed by atoms with Crippen LogP contribution >= 0.6 is 0 Å². The Kier molecular flexibility index (Phi) is 4.95. The van der Waals surface area contributed by atoms with E-state index in [1.807, 2.05) is 12.4 Å². The number of nitrogens with one attached hydrogen (secondary N) is 3. The van der Waals surface area contributed by atoms with Gasteiger partial charge in [-0.15, -0.1) is 0 Å². The normalized spacial score (nSPS) is 11.8. The van der Waals surface area contributed by atoms with Gasteiger partial charge in [0.25, 0.3) is 0 Å². The lowest BCUT2D eigenvalue weighted by molar-refractivity contribution is -0.144. The number of hydrogen-bond acceptors (Lipinski definition) is 4. The van der Waals surface area contributed by atoms with Crippen LogP contribution in [0.25, 0.3) is 0 Å². The molecule has 0 spiro atoms. The number of hydrogen-bond donors (Lipinski definition) is 4. The van der Waals surface area contributed by atoms with Gasteiger partial charge in [0.15, 0.2) is 6.61 Å². The minimum Gasteiger partial charge on any atom is -0.479 e. The van der Waals surface area contributed by atoms with Crippen LogP contribution < -0.4 is 10.8 Å². The summed E-state index contributed by atoms with van der Waals surface area (Å²) in [5, 5.41) is 10.9. The number of carboxylic acid groups (broad SMARTS) is 1. The Morgan fingerprint density at radius 2 is 2.41 bits per heavy atom. The van der Waals surface area contributed by atoms with Crippen molar-refractivity contribution in [2.75, 3.05) is 6.61 Å². The highest BCUT2D eigenvalue weighted by Gasteiger charge is 2.14. The van der Waals surface area contributed by atoms with Crippen molar-refractivity contribution in [3.8, 4) is 0 Å². The van der Waals surface area contributed by atoms with Gasteiger partial charge < -0.3 is 15.4 Å². The van der Waals surface area contributed by atoms with Crippen molar-refractivity contribution in [2.24, 2.45) is 0 Å². The van der Waals surface area contributed by atoms with Gasteiger partial charge >= 0.3 is 12.0 Å². The number of hydroxylamine groups is 1. The van der Waals surface area contributed by atoms with Gasteiger partial charge in [0, 0.05) is 12.4 Å². The predicted octanol–water partition coefficient (Wildman–Crippen LogP) is 0.176. The van der Waals surface area contributed by atoms with Crippen LogP contribution in [0.5, 0.6) is 0 Å². The number of imidazole rings is 1. The van der Waals surface area contributed by atoms with Gasteiger partial charge in [-0.2, -0.15) is 0 Å². The molecule has 2 amide bonds. The highest BCUT2D eigenvalue weighted by Crippen LogP contribution is 2.10. The molecule has 8 heteroatoms. The number of carboxylic acids is 1. The Hall–Kier alpha value is -2.09. The Balaban J connectivity index is 2.36. The zero-order valence-electron chi connectivity index (χ0n) is 9.27. The molecule has 0 radical (unpaired) electrons. The van der Waals surface area contributed by atoms with Crippen LogP contribution in [0, 0.1) is 0 Å². The second-order valence-electron chi connectivity index (χ2n) is 3.19. The van der Waals surface area contributed by atoms with Crippen LogP contribution in [-0.4, -0.2) is 33.7 Å². The number of rotatable bonds is 6. The van der Waals surface area contributed by atoms with Gasteiger partial charge in [-0.3, -0.25) is 4.84 Å². The highest BCUT2D eigenvalue weighted by molar-refractivity contribution is 5.73. The summed E-state index contributed by atoms with van der Waals surface area (Å²) >= 11 is 0. The van der Waals surface area contributed by atoms with E-state index in [4.69, 9.17) is 5.11 Å². The molecule has 0 saturated heterocycles. The maximum Gasteiger partial charge on any atom is 0.339 e. The quantitative estimate of drug-likeness (QED) is 0.531. The molecule has 0 fully saturated rings. The van der Waals surface area contributed by atoms with Crippen molar-refractivity contribution in [2.45, 2.75) is 19.4 Å². The smallest absolute Gasteiger partial charge is 0.339 e. The van der Waals surface area contributed by atoms with E-state index < -0.39 is 18.6 Å². The minimum absolute atomic E-state index is 0.279. The first-order valence-electron chi connectivity index (χ1n) is 5.02. The van der Waals surface area contributed by atoms with Crippen LogP contribution in [0.4, 0.5) is 4.79 Å². The summed E-state index contributed by atoms with van der Waals surface area (Å²) in [6, 6.07) is -0.895. The standard InChI is InChI=1S/C9H14N4O4/c1-2-6(8-10-3-4-11-8)12-9(16)13-17-5-7(14)15/h3-4,6H,2,5H2,1H3,(H,10,11)(H,14,15)(H2,12,13,16). The molecule has 1 heterocycles. The SMILES string of the molecule is CCC(NC(=O)NOCC(=O)O)c1ncc[nH]1. The Bertz CT molecular complexity index is 365. The molecule has 1 aromatic rings. The van der Waals surface area contributed by atoms with Crippen molar-refractivity contribution in [3.63, 3.8) is 0 Å². The lowest BCUT2D eigenvalue weighted by Crippen LogP contribution is -2.39. The molecule has 17 heavy (non-hydrogen) atoms. The second kappa shape index (κ2) is 6.48. The number of urea groups is 1. The molecule has 0 aromatic carbocycles. The summed E-state index contributed by atoms with van der Waals surface area (Å²) in [7, 11) is 0. The third-order valence-corrected chi connectivity index (χ3v) is 1.92. The fourth-order valence-corrected chi connectivity index (χ4v) is 1.18. The van der Waals surface area contributed by atoms with Crippen molar-refractivity contribution >= 4 is 12.0 Å². The topological polar surface area (TPSA) is 116 Å². The lowest BCUT2D eigenvalue weighted by atomic mass is 10.2. The van der Waals surface area contributed by atoms with E-state index in [1.54, 1.807) is 12.4 Å². The fraction of sp³-hybridized carbons (Fsp3) is 0.444. The zero-order valence-corrected chi connectivity index (χ0v) is 9.27. The number of aromatic amines is 1. The molecule has 4 N–H and O–H groups in total. The minimum atomic E-state index is -1.16. The molecular formula is C9H14N4O4. The van der Waals surface area contributed by atoms with Crippen molar-refractivity contribution in [3.05, 3.63) is 18.2 Å². The molecule has 0 saturated carbocycles. The first-order chi connectivity index (χ1) is 8.13. The maximum atomic E-state index is 11.3. The molecule has 0 bridgehead atoms. The van der Waals surface area contributed by atoms with Crippen LogP contribution in [-0.2, 0) is 9.63 Å². The largest absolute Gasteiger partial charge is 0.479 e. The molecule has 0 aliphatic rings. The molecule has 0 aliphatic carbocycles. The van der Waals surface area contributed by atoms with Gasteiger partial charge in [-0.05, 0) is 6.42 Å². The van der Waals surface area contributed by atoms with Crippen molar-refractivity contribution in [1.29, 1.82) is 0 Å². The van der Waals surface area contributed by atoms with E-state index >= 15 is 0 Å². The fourth-order valence-electron chi connectivity index (χ4n) is 1.18. The van der Waals surface area contributed by atoms with Crippen LogP contribution in [0.1, 0.15) is 25.2 Å². The van der Waals surface area contributed by atoms with Crippen molar-refractivity contribution in [1.82, 2.24) is 20.8 Å². The number of H-pyrrole nitrogens is 1. The molecular weight excluding hydrogens is 228 g/mol. The molecule has 8 nitrogen and oxygen atoms in total. The van der Waals surface area contributed by atoms with Gasteiger partial charge in [0.1, 0.15) is 5.82 Å². The number of aliphatic carboxylic acids is 1. The third kappa shape index (κ3) is 4.51.